The SMILES string of the molecule is COCCOc1nc(N2CCN(C)CC2)nc(OCc2ccccc2)c1Sc1cccc(C(C)c2ccccc2)c1. The topological polar surface area (TPSA) is 60.0 Å². The van der Waals surface area contributed by atoms with E-state index in [1.165, 1.54) is 11.1 Å². The zero-order valence-corrected chi connectivity index (χ0v) is 24.8. The predicted octanol–water partition coefficient (Wildman–Crippen LogP) is 6.14. The lowest BCUT2D eigenvalue weighted by Gasteiger charge is -2.32. The molecule has 1 aliphatic rings. The van der Waals surface area contributed by atoms with E-state index in [0.717, 1.165) is 41.5 Å². The van der Waals surface area contributed by atoms with Crippen molar-refractivity contribution in [2.24, 2.45) is 0 Å². The van der Waals surface area contributed by atoms with Crippen molar-refractivity contribution < 1.29 is 14.2 Å². The Kier molecular flexibility index (Phi) is 10.1. The number of hydrogen-bond acceptors (Lipinski definition) is 8. The van der Waals surface area contributed by atoms with Crippen LogP contribution in [0.25, 0.3) is 0 Å². The standard InChI is InChI=1S/C33H38N4O3S/c1-25(27-13-8-5-9-14-27)28-15-10-16-29(23-28)41-30-31(39-22-21-38-3)34-33(37-19-17-36(2)18-20-37)35-32(30)40-24-26-11-6-4-7-12-26/h4-16,23,25H,17-22,24H2,1-3H3. The fourth-order valence-corrected chi connectivity index (χ4v) is 5.64. The minimum atomic E-state index is 0.263. The lowest BCUT2D eigenvalue weighted by Crippen LogP contribution is -2.45. The highest BCUT2D eigenvalue weighted by atomic mass is 32.2. The van der Waals surface area contributed by atoms with Gasteiger partial charge in [-0.2, -0.15) is 9.97 Å². The fraction of sp³-hybridized carbons (Fsp3) is 0.333. The fourth-order valence-electron chi connectivity index (χ4n) is 4.68. The molecular formula is C33H38N4O3S. The second-order valence-corrected chi connectivity index (χ2v) is 11.3. The molecule has 214 valence electrons. The highest BCUT2D eigenvalue weighted by Crippen LogP contribution is 2.42. The van der Waals surface area contributed by atoms with Crippen molar-refractivity contribution in [1.29, 1.82) is 0 Å². The molecule has 0 saturated carbocycles. The van der Waals surface area contributed by atoms with Crippen LogP contribution < -0.4 is 14.4 Å². The van der Waals surface area contributed by atoms with Gasteiger partial charge in [0.25, 0.3) is 0 Å². The number of anilines is 1. The molecular weight excluding hydrogens is 532 g/mol. The average molecular weight is 571 g/mol. The molecule has 0 amide bonds. The molecule has 0 aliphatic carbocycles. The molecule has 1 fully saturated rings. The Morgan fingerprint density at radius 2 is 1.44 bits per heavy atom. The summed E-state index contributed by atoms with van der Waals surface area (Å²) in [4.78, 5) is 16.2. The van der Waals surface area contributed by atoms with Crippen LogP contribution in [0.15, 0.2) is 94.7 Å². The maximum atomic E-state index is 6.42. The third kappa shape index (κ3) is 7.79. The van der Waals surface area contributed by atoms with E-state index in [9.17, 15) is 0 Å². The van der Waals surface area contributed by atoms with Crippen LogP contribution in [0.1, 0.15) is 29.5 Å². The van der Waals surface area contributed by atoms with E-state index in [-0.39, 0.29) is 5.92 Å². The number of piperazine rings is 1. The molecule has 3 aromatic carbocycles. The van der Waals surface area contributed by atoms with E-state index >= 15 is 0 Å². The van der Waals surface area contributed by atoms with Gasteiger partial charge in [0.15, 0.2) is 0 Å². The predicted molar refractivity (Wildman–Crippen MR) is 164 cm³/mol. The summed E-state index contributed by atoms with van der Waals surface area (Å²) in [5.74, 6) is 1.93. The van der Waals surface area contributed by atoms with E-state index in [4.69, 9.17) is 24.2 Å². The summed E-state index contributed by atoms with van der Waals surface area (Å²) in [5.41, 5.74) is 3.60. The molecule has 8 heteroatoms. The monoisotopic (exact) mass is 570 g/mol. The molecule has 1 unspecified atom stereocenters. The van der Waals surface area contributed by atoms with Crippen molar-refractivity contribution >= 4 is 17.7 Å². The molecule has 41 heavy (non-hydrogen) atoms. The van der Waals surface area contributed by atoms with Crippen LogP contribution in [0.2, 0.25) is 0 Å². The van der Waals surface area contributed by atoms with Gasteiger partial charge in [0.2, 0.25) is 17.7 Å². The van der Waals surface area contributed by atoms with Crippen molar-refractivity contribution in [3.05, 3.63) is 102 Å². The Morgan fingerprint density at radius 1 is 0.780 bits per heavy atom. The summed E-state index contributed by atoms with van der Waals surface area (Å²) in [7, 11) is 3.81. The van der Waals surface area contributed by atoms with Crippen molar-refractivity contribution in [2.45, 2.75) is 29.2 Å². The number of hydrogen-bond donors (Lipinski definition) is 0. The highest BCUT2D eigenvalue weighted by Gasteiger charge is 2.24. The first-order valence-electron chi connectivity index (χ1n) is 14.1. The largest absolute Gasteiger partial charge is 0.474 e. The number of nitrogens with zero attached hydrogens (tertiary/aromatic N) is 4. The van der Waals surface area contributed by atoms with Crippen LogP contribution in [-0.2, 0) is 11.3 Å². The molecule has 7 nitrogen and oxygen atoms in total. The number of benzene rings is 3. The van der Waals surface area contributed by atoms with Crippen LogP contribution in [0.5, 0.6) is 11.8 Å². The molecule has 1 saturated heterocycles. The minimum absolute atomic E-state index is 0.263. The lowest BCUT2D eigenvalue weighted by molar-refractivity contribution is 0.141. The van der Waals surface area contributed by atoms with Crippen molar-refractivity contribution in [3.63, 3.8) is 0 Å². The van der Waals surface area contributed by atoms with E-state index in [1.54, 1.807) is 18.9 Å². The van der Waals surface area contributed by atoms with E-state index < -0.39 is 0 Å². The van der Waals surface area contributed by atoms with E-state index in [2.05, 4.69) is 90.5 Å². The molecule has 0 spiro atoms. The summed E-state index contributed by atoms with van der Waals surface area (Å²) in [6.07, 6.45) is 0. The Labute approximate surface area is 247 Å². The van der Waals surface area contributed by atoms with Crippen LogP contribution in [-0.4, -0.2) is 68.4 Å². The summed E-state index contributed by atoms with van der Waals surface area (Å²) < 4.78 is 17.9. The van der Waals surface area contributed by atoms with Crippen molar-refractivity contribution in [3.8, 4) is 11.8 Å². The molecule has 0 radical (unpaired) electrons. The summed E-state index contributed by atoms with van der Waals surface area (Å²) in [5, 5.41) is 0. The van der Waals surface area contributed by atoms with Crippen molar-refractivity contribution in [2.75, 3.05) is 58.5 Å². The van der Waals surface area contributed by atoms with Gasteiger partial charge in [0.05, 0.1) is 6.61 Å². The smallest absolute Gasteiger partial charge is 0.237 e. The Hall–Kier alpha value is -3.59. The summed E-state index contributed by atoms with van der Waals surface area (Å²) >= 11 is 1.57. The summed E-state index contributed by atoms with van der Waals surface area (Å²) in [6, 6.07) is 29.3. The molecule has 1 aliphatic heterocycles. The van der Waals surface area contributed by atoms with Crippen LogP contribution in [0, 0.1) is 0 Å². The quantitative estimate of drug-likeness (QED) is 0.189. The molecule has 2 heterocycles. The molecule has 1 atom stereocenters. The van der Waals surface area contributed by atoms with Gasteiger partial charge in [-0.1, -0.05) is 91.5 Å². The van der Waals surface area contributed by atoms with E-state index in [0.29, 0.717) is 37.5 Å². The van der Waals surface area contributed by atoms with Gasteiger partial charge in [-0.05, 0) is 35.9 Å². The Morgan fingerprint density at radius 3 is 2.15 bits per heavy atom. The number of aromatic nitrogens is 2. The normalized spacial score (nSPS) is 14.6. The number of likely N-dealkylation sites (N-methyl/N-ethyl adjacent to an activating group) is 1. The number of rotatable bonds is 12. The van der Waals surface area contributed by atoms with Crippen LogP contribution in [0.3, 0.4) is 0 Å². The van der Waals surface area contributed by atoms with Crippen molar-refractivity contribution in [1.82, 2.24) is 14.9 Å². The minimum Gasteiger partial charge on any atom is -0.474 e. The maximum Gasteiger partial charge on any atom is 0.237 e. The highest BCUT2D eigenvalue weighted by molar-refractivity contribution is 7.99. The third-order valence-corrected chi connectivity index (χ3v) is 8.24. The first-order chi connectivity index (χ1) is 20.1. The number of methoxy groups -OCH3 is 1. The van der Waals surface area contributed by atoms with Gasteiger partial charge >= 0.3 is 0 Å². The van der Waals surface area contributed by atoms with Crippen LogP contribution >= 0.6 is 11.8 Å². The van der Waals surface area contributed by atoms with Gasteiger partial charge in [0.1, 0.15) is 18.1 Å². The first kappa shape index (κ1) is 28.9. The third-order valence-electron chi connectivity index (χ3n) is 7.20. The zero-order chi connectivity index (χ0) is 28.4. The number of ether oxygens (including phenoxy) is 3. The van der Waals surface area contributed by atoms with Crippen LogP contribution in [0.4, 0.5) is 5.95 Å². The van der Waals surface area contributed by atoms with Gasteiger partial charge in [-0.15, -0.1) is 0 Å². The second kappa shape index (κ2) is 14.3. The van der Waals surface area contributed by atoms with Gasteiger partial charge in [-0.3, -0.25) is 0 Å². The average Bonchev–Trinajstić information content (AvgIpc) is 3.02. The Bertz CT molecular complexity index is 1380. The molecule has 0 N–H and O–H groups in total. The molecule has 0 bridgehead atoms. The summed E-state index contributed by atoms with van der Waals surface area (Å²) in [6.45, 7) is 7.07. The first-order valence-corrected chi connectivity index (χ1v) is 14.9. The molecule has 4 aromatic rings. The lowest BCUT2D eigenvalue weighted by atomic mass is 9.93. The molecule has 1 aromatic heterocycles. The van der Waals surface area contributed by atoms with E-state index in [1.807, 2.05) is 18.2 Å². The second-order valence-electron chi connectivity index (χ2n) is 10.2. The maximum absolute atomic E-state index is 6.42. The van der Waals surface area contributed by atoms with Gasteiger partial charge in [-0.25, -0.2) is 0 Å². The Balaban J connectivity index is 1.50. The zero-order valence-electron chi connectivity index (χ0n) is 24.0. The van der Waals surface area contributed by atoms with Gasteiger partial charge in [0, 0.05) is 44.1 Å². The molecule has 5 rings (SSSR count). The van der Waals surface area contributed by atoms with Gasteiger partial charge < -0.3 is 24.0 Å².